The van der Waals surface area contributed by atoms with Crippen LogP contribution in [0, 0.1) is 5.41 Å². The van der Waals surface area contributed by atoms with E-state index in [4.69, 9.17) is 34.8 Å². The Bertz CT molecular complexity index is 186. The van der Waals surface area contributed by atoms with Crippen molar-refractivity contribution in [2.45, 2.75) is 17.1 Å². The Morgan fingerprint density at radius 1 is 1.18 bits per heavy atom. The van der Waals surface area contributed by atoms with E-state index in [1.54, 1.807) is 0 Å². The molecule has 1 aliphatic rings. The molecule has 0 amide bonds. The first-order valence-corrected chi connectivity index (χ1v) is 4.51. The van der Waals surface area contributed by atoms with Crippen molar-refractivity contribution < 1.29 is 0 Å². The minimum atomic E-state index is -1.25. The molecule has 0 radical (unpaired) electrons. The smallest absolute Gasteiger partial charge is 0.0837 e. The summed E-state index contributed by atoms with van der Waals surface area (Å²) < 4.78 is -1.25. The molecule has 3 heteroatoms. The highest BCUT2D eigenvalue weighted by Gasteiger charge is 2.40. The summed E-state index contributed by atoms with van der Waals surface area (Å²) in [6.45, 7) is 1.90. The monoisotopic (exact) mass is 210 g/mol. The van der Waals surface area contributed by atoms with Gasteiger partial charge in [0.2, 0.25) is 3.79 Å². The van der Waals surface area contributed by atoms with E-state index in [1.165, 1.54) is 0 Å². The van der Waals surface area contributed by atoms with Crippen LogP contribution >= 0.6 is 34.8 Å². The zero-order valence-corrected chi connectivity index (χ0v) is 8.42. The van der Waals surface area contributed by atoms with Gasteiger partial charge in [-0.05, 0) is 13.3 Å². The lowest BCUT2D eigenvalue weighted by molar-refractivity contribution is 0.557. The molecule has 0 saturated heterocycles. The van der Waals surface area contributed by atoms with Gasteiger partial charge in [-0.3, -0.25) is 0 Å². The number of allylic oxidation sites excluding steroid dienone is 4. The molecule has 0 bridgehead atoms. The lowest BCUT2D eigenvalue weighted by Gasteiger charge is -2.31. The average molecular weight is 212 g/mol. The Hall–Kier alpha value is 0.350. The van der Waals surface area contributed by atoms with Gasteiger partial charge in [0.15, 0.2) is 0 Å². The molecule has 0 aromatic heterocycles. The number of hydrogen-bond acceptors (Lipinski definition) is 0. The van der Waals surface area contributed by atoms with Crippen LogP contribution in [0.5, 0.6) is 0 Å². The maximum absolute atomic E-state index is 5.78. The van der Waals surface area contributed by atoms with E-state index in [9.17, 15) is 0 Å². The van der Waals surface area contributed by atoms with E-state index in [0.717, 1.165) is 6.42 Å². The first-order chi connectivity index (χ1) is 4.96. The van der Waals surface area contributed by atoms with Gasteiger partial charge in [0.25, 0.3) is 0 Å². The van der Waals surface area contributed by atoms with Gasteiger partial charge in [-0.15, -0.1) is 0 Å². The van der Waals surface area contributed by atoms with Crippen molar-refractivity contribution in [2.75, 3.05) is 0 Å². The zero-order valence-electron chi connectivity index (χ0n) is 6.15. The Balaban J connectivity index is 2.90. The summed E-state index contributed by atoms with van der Waals surface area (Å²) in [5, 5.41) is 0. The number of rotatable bonds is 0. The molecule has 0 aromatic rings. The molecule has 1 aliphatic carbocycles. The van der Waals surface area contributed by atoms with E-state index in [2.05, 4.69) is 0 Å². The second-order valence-electron chi connectivity index (χ2n) is 2.82. The summed E-state index contributed by atoms with van der Waals surface area (Å²) in [4.78, 5) is 0. The predicted molar refractivity (Wildman–Crippen MR) is 51.3 cm³/mol. The van der Waals surface area contributed by atoms with E-state index in [0.29, 0.717) is 0 Å². The van der Waals surface area contributed by atoms with Crippen LogP contribution in [0.3, 0.4) is 0 Å². The zero-order chi connectivity index (χ0) is 8.54. The van der Waals surface area contributed by atoms with E-state index < -0.39 is 9.21 Å². The third-order valence-corrected chi connectivity index (χ3v) is 3.03. The Morgan fingerprint density at radius 2 is 1.64 bits per heavy atom. The molecule has 0 fully saturated rings. The van der Waals surface area contributed by atoms with Gasteiger partial charge in [0.1, 0.15) is 0 Å². The largest absolute Gasteiger partial charge is 0.202 e. The molecule has 0 spiro atoms. The quantitative estimate of drug-likeness (QED) is 0.421. The van der Waals surface area contributed by atoms with Crippen LogP contribution in [0.25, 0.3) is 0 Å². The maximum Gasteiger partial charge on any atom is 0.202 e. The molecule has 0 heterocycles. The Kier molecular flexibility index (Phi) is 2.58. The summed E-state index contributed by atoms with van der Waals surface area (Å²) in [5.41, 5.74) is -0.448. The second kappa shape index (κ2) is 3.01. The van der Waals surface area contributed by atoms with Gasteiger partial charge in [-0.2, -0.15) is 0 Å². The highest BCUT2D eigenvalue weighted by Crippen LogP contribution is 2.47. The van der Waals surface area contributed by atoms with Gasteiger partial charge in [-0.1, -0.05) is 59.1 Å². The molecule has 0 unspecified atom stereocenters. The second-order valence-corrected chi connectivity index (χ2v) is 5.10. The fourth-order valence-electron chi connectivity index (χ4n) is 0.949. The molecule has 0 saturated carbocycles. The van der Waals surface area contributed by atoms with Crippen molar-refractivity contribution in [3.8, 4) is 0 Å². The predicted octanol–water partition coefficient (Wildman–Crippen LogP) is 3.88. The van der Waals surface area contributed by atoms with E-state index >= 15 is 0 Å². The summed E-state index contributed by atoms with van der Waals surface area (Å²) >= 11 is 17.3. The Labute approximate surface area is 81.8 Å². The molecule has 1 rings (SSSR count). The molecule has 0 aromatic carbocycles. The average Bonchev–Trinajstić information content (AvgIpc) is 1.87. The van der Waals surface area contributed by atoms with Crippen LogP contribution in [-0.4, -0.2) is 3.79 Å². The van der Waals surface area contributed by atoms with E-state index in [-0.39, 0.29) is 0 Å². The first-order valence-electron chi connectivity index (χ1n) is 3.38. The lowest BCUT2D eigenvalue weighted by Crippen LogP contribution is -2.28. The first kappa shape index (κ1) is 9.44. The molecule has 0 atom stereocenters. The van der Waals surface area contributed by atoms with Gasteiger partial charge in [0.05, 0.1) is 5.41 Å². The summed E-state index contributed by atoms with van der Waals surface area (Å²) in [7, 11) is 0. The highest BCUT2D eigenvalue weighted by molar-refractivity contribution is 6.68. The topological polar surface area (TPSA) is 0 Å². The van der Waals surface area contributed by atoms with Crippen molar-refractivity contribution in [2.24, 2.45) is 5.41 Å². The number of hydrogen-bond donors (Lipinski definition) is 0. The van der Waals surface area contributed by atoms with Gasteiger partial charge in [0, 0.05) is 0 Å². The van der Waals surface area contributed by atoms with Crippen LogP contribution in [0.1, 0.15) is 13.3 Å². The molecule has 0 aliphatic heterocycles. The fraction of sp³-hybridized carbons (Fsp3) is 0.500. The molecule has 62 valence electrons. The molecule has 0 nitrogen and oxygen atoms in total. The van der Waals surface area contributed by atoms with Gasteiger partial charge < -0.3 is 0 Å². The van der Waals surface area contributed by atoms with Crippen molar-refractivity contribution in [1.29, 1.82) is 0 Å². The molecular weight excluding hydrogens is 202 g/mol. The number of alkyl halides is 3. The molecule has 11 heavy (non-hydrogen) atoms. The third-order valence-electron chi connectivity index (χ3n) is 1.81. The van der Waals surface area contributed by atoms with Crippen LogP contribution in [0.15, 0.2) is 24.3 Å². The van der Waals surface area contributed by atoms with Crippen LogP contribution in [0.4, 0.5) is 0 Å². The highest BCUT2D eigenvalue weighted by atomic mass is 35.6. The SMILES string of the molecule is CC1(C(Cl)(Cl)Cl)C=CCC=C1. The molecular formula is C8H9Cl3. The maximum atomic E-state index is 5.78. The normalized spacial score (nSPS) is 22.2. The van der Waals surface area contributed by atoms with Crippen molar-refractivity contribution in [3.63, 3.8) is 0 Å². The van der Waals surface area contributed by atoms with Crippen molar-refractivity contribution in [3.05, 3.63) is 24.3 Å². The van der Waals surface area contributed by atoms with Gasteiger partial charge >= 0.3 is 0 Å². The Morgan fingerprint density at radius 3 is 1.91 bits per heavy atom. The van der Waals surface area contributed by atoms with Crippen LogP contribution in [0.2, 0.25) is 0 Å². The summed E-state index contributed by atoms with van der Waals surface area (Å²) in [6, 6.07) is 0. The van der Waals surface area contributed by atoms with E-state index in [1.807, 2.05) is 31.2 Å². The molecule has 0 N–H and O–H groups in total. The number of halogens is 3. The summed E-state index contributed by atoms with van der Waals surface area (Å²) in [5.74, 6) is 0. The standard InChI is InChI=1S/C8H9Cl3/c1-7(8(9,10)11)5-3-2-4-6-7/h3-6H,2H2,1H3. The fourth-order valence-corrected chi connectivity index (χ4v) is 1.33. The van der Waals surface area contributed by atoms with Crippen molar-refractivity contribution >= 4 is 34.8 Å². The van der Waals surface area contributed by atoms with Crippen LogP contribution in [-0.2, 0) is 0 Å². The van der Waals surface area contributed by atoms with Crippen LogP contribution < -0.4 is 0 Å². The summed E-state index contributed by atoms with van der Waals surface area (Å²) in [6.07, 6.45) is 8.79. The van der Waals surface area contributed by atoms with Crippen molar-refractivity contribution in [1.82, 2.24) is 0 Å². The lowest BCUT2D eigenvalue weighted by atomic mass is 9.88. The van der Waals surface area contributed by atoms with Gasteiger partial charge in [-0.25, -0.2) is 0 Å². The third kappa shape index (κ3) is 1.93. The minimum Gasteiger partial charge on any atom is -0.0837 e. The minimum absolute atomic E-state index is 0.448.